The van der Waals surface area contributed by atoms with Crippen molar-refractivity contribution < 1.29 is 22.4 Å². The van der Waals surface area contributed by atoms with Crippen molar-refractivity contribution >= 4 is 22.8 Å². The fraction of sp³-hybridized carbons (Fsp3) is 0.333. The minimum atomic E-state index is -4.54. The molecule has 8 nitrogen and oxygen atoms in total. The molecule has 4 heterocycles. The lowest BCUT2D eigenvalue weighted by atomic mass is 10.1. The molecule has 3 aromatic heterocycles. The zero-order valence-electron chi connectivity index (χ0n) is 15.5. The molecular weight excluding hydrogens is 406 g/mol. The summed E-state index contributed by atoms with van der Waals surface area (Å²) < 4.78 is 52.0. The second kappa shape index (κ2) is 7.86. The van der Waals surface area contributed by atoms with Crippen molar-refractivity contribution in [1.82, 2.24) is 30.6 Å². The van der Waals surface area contributed by atoms with Crippen molar-refractivity contribution in [3.8, 4) is 11.4 Å². The average Bonchev–Trinajstić information content (AvgIpc) is 3.16. The Balaban J connectivity index is 1.66. The SMILES string of the molecule is O=C(NCC(F)(F)F)[C@@H]1CNCCN1c1nc(-c2c[nH]c3ncccc23)ncc1F. The van der Waals surface area contributed by atoms with Crippen LogP contribution in [0.15, 0.2) is 30.7 Å². The Morgan fingerprint density at radius 1 is 1.33 bits per heavy atom. The number of hydrogen-bond donors (Lipinski definition) is 3. The quantitative estimate of drug-likeness (QED) is 0.552. The van der Waals surface area contributed by atoms with Crippen LogP contribution in [0.3, 0.4) is 0 Å². The summed E-state index contributed by atoms with van der Waals surface area (Å²) >= 11 is 0. The Kier molecular flexibility index (Phi) is 5.24. The van der Waals surface area contributed by atoms with Gasteiger partial charge in [0.2, 0.25) is 5.91 Å². The molecule has 1 aliphatic heterocycles. The molecular formula is C18H17F4N7O. The predicted molar refractivity (Wildman–Crippen MR) is 100 cm³/mol. The van der Waals surface area contributed by atoms with Crippen molar-refractivity contribution in [2.45, 2.75) is 12.2 Å². The fourth-order valence-corrected chi connectivity index (χ4v) is 3.33. The number of anilines is 1. The third-order valence-corrected chi connectivity index (χ3v) is 4.70. The van der Waals surface area contributed by atoms with Gasteiger partial charge in [0.1, 0.15) is 18.2 Å². The van der Waals surface area contributed by atoms with Gasteiger partial charge in [-0.2, -0.15) is 13.2 Å². The van der Waals surface area contributed by atoms with Gasteiger partial charge in [-0.05, 0) is 12.1 Å². The van der Waals surface area contributed by atoms with E-state index in [2.05, 4.69) is 25.3 Å². The summed E-state index contributed by atoms with van der Waals surface area (Å²) in [5.74, 6) is -1.58. The molecule has 1 amide bonds. The first kappa shape index (κ1) is 20.0. The maximum absolute atomic E-state index is 14.6. The van der Waals surface area contributed by atoms with Crippen molar-refractivity contribution in [3.63, 3.8) is 0 Å². The smallest absolute Gasteiger partial charge is 0.345 e. The third kappa shape index (κ3) is 4.03. The van der Waals surface area contributed by atoms with Crippen LogP contribution in [0.5, 0.6) is 0 Å². The van der Waals surface area contributed by atoms with E-state index in [0.29, 0.717) is 17.8 Å². The van der Waals surface area contributed by atoms with E-state index in [1.165, 1.54) is 4.90 Å². The number of hydrogen-bond acceptors (Lipinski definition) is 6. The average molecular weight is 423 g/mol. The van der Waals surface area contributed by atoms with Crippen LogP contribution < -0.4 is 15.5 Å². The molecule has 1 saturated heterocycles. The van der Waals surface area contributed by atoms with Gasteiger partial charge in [0, 0.05) is 43.0 Å². The highest BCUT2D eigenvalue weighted by atomic mass is 19.4. The number of fused-ring (bicyclic) bond motifs is 1. The van der Waals surface area contributed by atoms with E-state index in [0.717, 1.165) is 11.6 Å². The van der Waals surface area contributed by atoms with Gasteiger partial charge in [-0.15, -0.1) is 0 Å². The second-order valence-corrected chi connectivity index (χ2v) is 6.71. The zero-order chi connectivity index (χ0) is 21.3. The maximum atomic E-state index is 14.6. The Morgan fingerprint density at radius 3 is 2.97 bits per heavy atom. The Hall–Kier alpha value is -3.28. The molecule has 158 valence electrons. The van der Waals surface area contributed by atoms with Crippen LogP contribution in [-0.4, -0.2) is 64.2 Å². The summed E-state index contributed by atoms with van der Waals surface area (Å²) in [6.07, 6.45) is -0.302. The van der Waals surface area contributed by atoms with Crippen LogP contribution in [0.1, 0.15) is 0 Å². The predicted octanol–water partition coefficient (Wildman–Crippen LogP) is 1.62. The first-order chi connectivity index (χ1) is 14.3. The lowest BCUT2D eigenvalue weighted by Gasteiger charge is -2.36. The molecule has 4 rings (SSSR count). The number of amides is 1. The molecule has 1 fully saturated rings. The van der Waals surface area contributed by atoms with Crippen LogP contribution in [0.4, 0.5) is 23.4 Å². The van der Waals surface area contributed by atoms with Crippen molar-refractivity contribution in [1.29, 1.82) is 0 Å². The number of nitrogens with one attached hydrogen (secondary N) is 3. The molecule has 3 aromatic rings. The highest BCUT2D eigenvalue weighted by Crippen LogP contribution is 2.28. The summed E-state index contributed by atoms with van der Waals surface area (Å²) in [5.41, 5.74) is 1.20. The van der Waals surface area contributed by atoms with Gasteiger partial charge in [-0.1, -0.05) is 0 Å². The molecule has 0 bridgehead atoms. The van der Waals surface area contributed by atoms with Gasteiger partial charge in [0.05, 0.1) is 6.20 Å². The molecule has 12 heteroatoms. The van der Waals surface area contributed by atoms with Crippen LogP contribution >= 0.6 is 0 Å². The monoisotopic (exact) mass is 423 g/mol. The normalized spacial score (nSPS) is 17.3. The number of pyridine rings is 1. The molecule has 0 unspecified atom stereocenters. The molecule has 1 aliphatic rings. The standard InChI is InChI=1S/C18H17F4N7O/c19-12-7-26-15(11-6-25-14-10(11)2-1-3-24-14)28-16(12)29-5-4-23-8-13(29)17(30)27-9-18(20,21)22/h1-3,6-7,13,23H,4-5,8-9H2,(H,24,25)(H,27,30)/t13-/m0/s1. The van der Waals surface area contributed by atoms with Crippen LogP contribution in [0.2, 0.25) is 0 Å². The first-order valence-electron chi connectivity index (χ1n) is 9.10. The lowest BCUT2D eigenvalue weighted by Crippen LogP contribution is -2.59. The van der Waals surface area contributed by atoms with Gasteiger partial charge in [-0.25, -0.2) is 19.3 Å². The molecule has 0 radical (unpaired) electrons. The van der Waals surface area contributed by atoms with Crippen molar-refractivity contribution in [3.05, 3.63) is 36.5 Å². The van der Waals surface area contributed by atoms with Gasteiger partial charge >= 0.3 is 6.18 Å². The van der Waals surface area contributed by atoms with Gasteiger partial charge < -0.3 is 20.5 Å². The Bertz CT molecular complexity index is 1070. The van der Waals surface area contributed by atoms with Crippen LogP contribution in [0, 0.1) is 5.82 Å². The minimum Gasteiger partial charge on any atom is -0.345 e. The summed E-state index contributed by atoms with van der Waals surface area (Å²) in [4.78, 5) is 29.2. The molecule has 1 atom stereocenters. The summed E-state index contributed by atoms with van der Waals surface area (Å²) in [5, 5.41) is 5.52. The van der Waals surface area contributed by atoms with E-state index >= 15 is 0 Å². The number of aromatic nitrogens is 4. The van der Waals surface area contributed by atoms with Gasteiger partial charge in [-0.3, -0.25) is 4.79 Å². The number of nitrogens with zero attached hydrogens (tertiary/aromatic N) is 4. The highest BCUT2D eigenvalue weighted by Gasteiger charge is 2.34. The van der Waals surface area contributed by atoms with Crippen LogP contribution in [-0.2, 0) is 4.79 Å². The largest absolute Gasteiger partial charge is 0.405 e. The van der Waals surface area contributed by atoms with Crippen molar-refractivity contribution in [2.75, 3.05) is 31.1 Å². The number of carbonyl (C=O) groups excluding carboxylic acids is 1. The second-order valence-electron chi connectivity index (χ2n) is 6.71. The van der Waals surface area contributed by atoms with Crippen molar-refractivity contribution in [2.24, 2.45) is 0 Å². The Morgan fingerprint density at radius 2 is 2.17 bits per heavy atom. The minimum absolute atomic E-state index is 0.0550. The van der Waals surface area contributed by atoms with Gasteiger partial charge in [0.25, 0.3) is 0 Å². The van der Waals surface area contributed by atoms with E-state index in [4.69, 9.17) is 0 Å². The Labute approximate surface area is 167 Å². The van der Waals surface area contributed by atoms with E-state index < -0.39 is 30.5 Å². The molecule has 0 saturated carbocycles. The molecule has 0 aliphatic carbocycles. The summed E-state index contributed by atoms with van der Waals surface area (Å²) in [6.45, 7) is -0.804. The van der Waals surface area contributed by atoms with E-state index in [1.54, 1.807) is 24.5 Å². The van der Waals surface area contributed by atoms with Crippen LogP contribution in [0.25, 0.3) is 22.4 Å². The number of carbonyl (C=O) groups is 1. The number of H-pyrrole nitrogens is 1. The fourth-order valence-electron chi connectivity index (χ4n) is 3.33. The summed E-state index contributed by atoms with van der Waals surface area (Å²) in [7, 11) is 0. The number of piperazine rings is 1. The first-order valence-corrected chi connectivity index (χ1v) is 9.10. The number of rotatable bonds is 4. The molecule has 0 aromatic carbocycles. The van der Waals surface area contributed by atoms with Gasteiger partial charge in [0.15, 0.2) is 17.5 Å². The van der Waals surface area contributed by atoms with E-state index in [9.17, 15) is 22.4 Å². The molecule has 3 N–H and O–H groups in total. The number of aromatic amines is 1. The van der Waals surface area contributed by atoms with E-state index in [1.807, 2.05) is 5.32 Å². The topological polar surface area (TPSA) is 98.8 Å². The van der Waals surface area contributed by atoms with E-state index in [-0.39, 0.29) is 24.7 Å². The summed E-state index contributed by atoms with van der Waals surface area (Å²) in [6, 6.07) is 2.49. The lowest BCUT2D eigenvalue weighted by molar-refractivity contribution is -0.139. The number of halogens is 4. The molecule has 0 spiro atoms. The molecule has 30 heavy (non-hydrogen) atoms. The maximum Gasteiger partial charge on any atom is 0.405 e. The highest BCUT2D eigenvalue weighted by molar-refractivity contribution is 5.91. The number of alkyl halides is 3. The third-order valence-electron chi connectivity index (χ3n) is 4.70. The zero-order valence-corrected chi connectivity index (χ0v) is 15.5.